The third kappa shape index (κ3) is 7.08. The molecule has 2 aromatic rings. The fourth-order valence-corrected chi connectivity index (χ4v) is 3.98. The number of hydrogen-bond donors (Lipinski definition) is 2. The molecule has 0 unspecified atom stereocenters. The quantitative estimate of drug-likeness (QED) is 0.507. The van der Waals surface area contributed by atoms with Crippen molar-refractivity contribution in [2.45, 2.75) is 38.2 Å². The maximum absolute atomic E-state index is 12.7. The van der Waals surface area contributed by atoms with Crippen LogP contribution < -0.4 is 15.4 Å². The highest BCUT2D eigenvalue weighted by Crippen LogP contribution is 2.31. The Morgan fingerprint density at radius 3 is 2.50 bits per heavy atom. The number of anilines is 1. The fourth-order valence-electron chi connectivity index (χ4n) is 3.56. The summed E-state index contributed by atoms with van der Waals surface area (Å²) < 4.78 is 10.8. The first-order chi connectivity index (χ1) is 15.5. The Bertz CT molecular complexity index is 916. The Hall–Kier alpha value is -2.35. The molecule has 1 heterocycles. The van der Waals surface area contributed by atoms with Crippen LogP contribution in [-0.4, -0.2) is 43.2 Å². The molecule has 0 aliphatic heterocycles. The second kappa shape index (κ2) is 12.0. The third-order valence-corrected chi connectivity index (χ3v) is 5.80. The molecular formula is C23H27Cl2N3O4. The fraction of sp³-hybridized carbons (Fsp3) is 0.435. The molecule has 9 heteroatoms. The summed E-state index contributed by atoms with van der Waals surface area (Å²) in [7, 11) is 1.63. The van der Waals surface area contributed by atoms with Crippen molar-refractivity contribution in [3.63, 3.8) is 0 Å². The predicted octanol–water partition coefficient (Wildman–Crippen LogP) is 4.73. The monoisotopic (exact) mass is 479 g/mol. The number of rotatable bonds is 9. The van der Waals surface area contributed by atoms with Crippen LogP contribution in [-0.2, 0) is 9.53 Å². The molecule has 7 nitrogen and oxygen atoms in total. The molecule has 1 aromatic carbocycles. The van der Waals surface area contributed by atoms with Gasteiger partial charge in [-0.1, -0.05) is 23.2 Å². The highest BCUT2D eigenvalue weighted by Gasteiger charge is 2.28. The molecule has 2 amide bonds. The van der Waals surface area contributed by atoms with Crippen LogP contribution in [0, 0.1) is 5.92 Å². The summed E-state index contributed by atoms with van der Waals surface area (Å²) in [6, 6.07) is 8.49. The summed E-state index contributed by atoms with van der Waals surface area (Å²) in [5.74, 6) is 0.106. The van der Waals surface area contributed by atoms with Crippen LogP contribution in [0.15, 0.2) is 36.5 Å². The molecule has 1 fully saturated rings. The molecule has 0 atom stereocenters. The van der Waals surface area contributed by atoms with Gasteiger partial charge in [-0.2, -0.15) is 0 Å². The number of amides is 2. The van der Waals surface area contributed by atoms with Crippen LogP contribution in [0.25, 0.3) is 0 Å². The zero-order valence-corrected chi connectivity index (χ0v) is 19.4. The van der Waals surface area contributed by atoms with E-state index in [0.717, 1.165) is 19.3 Å². The molecule has 32 heavy (non-hydrogen) atoms. The van der Waals surface area contributed by atoms with Crippen molar-refractivity contribution in [2.24, 2.45) is 5.92 Å². The van der Waals surface area contributed by atoms with E-state index in [0.29, 0.717) is 53.2 Å². The number of carbonyl (C=O) groups excluding carboxylic acids is 2. The number of nitrogens with one attached hydrogen (secondary N) is 2. The van der Waals surface area contributed by atoms with Gasteiger partial charge in [-0.25, -0.2) is 4.98 Å². The van der Waals surface area contributed by atoms with Crippen LogP contribution in [0.1, 0.15) is 42.5 Å². The number of halogens is 2. The molecule has 1 saturated carbocycles. The van der Waals surface area contributed by atoms with Crippen molar-refractivity contribution in [3.8, 4) is 5.88 Å². The van der Waals surface area contributed by atoms with Gasteiger partial charge in [-0.3, -0.25) is 9.59 Å². The van der Waals surface area contributed by atoms with Gasteiger partial charge in [-0.15, -0.1) is 0 Å². The lowest BCUT2D eigenvalue weighted by Crippen LogP contribution is -2.31. The maximum Gasteiger partial charge on any atom is 0.251 e. The lowest BCUT2D eigenvalue weighted by Gasteiger charge is -2.28. The molecule has 0 radical (unpaired) electrons. The minimum Gasteiger partial charge on any atom is -0.473 e. The summed E-state index contributed by atoms with van der Waals surface area (Å²) >= 11 is 12.0. The number of nitrogens with zero attached hydrogens (tertiary/aromatic N) is 1. The van der Waals surface area contributed by atoms with E-state index in [1.807, 2.05) is 0 Å². The number of ether oxygens (including phenoxy) is 2. The van der Waals surface area contributed by atoms with Crippen LogP contribution in [0.5, 0.6) is 5.88 Å². The number of pyridine rings is 1. The predicted molar refractivity (Wildman–Crippen MR) is 125 cm³/mol. The van der Waals surface area contributed by atoms with Crippen molar-refractivity contribution < 1.29 is 19.1 Å². The third-order valence-electron chi connectivity index (χ3n) is 5.32. The van der Waals surface area contributed by atoms with Gasteiger partial charge in [0.2, 0.25) is 11.8 Å². The summed E-state index contributed by atoms with van der Waals surface area (Å²) in [4.78, 5) is 28.9. The van der Waals surface area contributed by atoms with Crippen LogP contribution >= 0.6 is 23.2 Å². The van der Waals surface area contributed by atoms with Crippen molar-refractivity contribution in [3.05, 3.63) is 52.1 Å². The molecule has 1 aromatic heterocycles. The first-order valence-corrected chi connectivity index (χ1v) is 11.4. The molecule has 0 saturated heterocycles. The Balaban J connectivity index is 1.44. The van der Waals surface area contributed by atoms with E-state index >= 15 is 0 Å². The van der Waals surface area contributed by atoms with Crippen LogP contribution in [0.3, 0.4) is 0 Å². The SMILES string of the molecule is COCCCNC(=O)c1ccc(NC(=O)C2CCC(Oc3ncc(Cl)cc3Cl)CC2)cc1. The molecule has 3 rings (SSSR count). The molecule has 1 aliphatic carbocycles. The standard InChI is InChI=1S/C23H27Cl2N3O4/c1-31-12-2-11-26-21(29)15-3-7-18(8-4-15)28-22(30)16-5-9-19(10-6-16)32-23-20(25)13-17(24)14-27-23/h3-4,7-8,13-14,16,19H,2,5-6,9-12H2,1H3,(H,26,29)(H,28,30). The van der Waals surface area contributed by atoms with Crippen LogP contribution in [0.2, 0.25) is 10.0 Å². The van der Waals surface area contributed by atoms with E-state index in [-0.39, 0.29) is 23.8 Å². The zero-order chi connectivity index (χ0) is 22.9. The average molecular weight is 480 g/mol. The number of methoxy groups -OCH3 is 1. The largest absolute Gasteiger partial charge is 0.473 e. The van der Waals surface area contributed by atoms with E-state index in [1.165, 1.54) is 6.20 Å². The topological polar surface area (TPSA) is 89.6 Å². The Labute approximate surface area is 197 Å². The highest BCUT2D eigenvalue weighted by atomic mass is 35.5. The molecular weight excluding hydrogens is 453 g/mol. The molecule has 0 spiro atoms. The van der Waals surface area contributed by atoms with Gasteiger partial charge in [0.1, 0.15) is 11.1 Å². The smallest absolute Gasteiger partial charge is 0.251 e. The van der Waals surface area contributed by atoms with Gasteiger partial charge in [-0.05, 0) is 62.4 Å². The van der Waals surface area contributed by atoms with E-state index in [1.54, 1.807) is 37.4 Å². The van der Waals surface area contributed by atoms with Crippen LogP contribution in [0.4, 0.5) is 5.69 Å². The van der Waals surface area contributed by atoms with Gasteiger partial charge in [0.05, 0.1) is 5.02 Å². The molecule has 1 aliphatic rings. The van der Waals surface area contributed by atoms with E-state index in [2.05, 4.69) is 15.6 Å². The Morgan fingerprint density at radius 1 is 1.12 bits per heavy atom. The number of benzene rings is 1. The second-order valence-electron chi connectivity index (χ2n) is 7.70. The average Bonchev–Trinajstić information content (AvgIpc) is 2.79. The first-order valence-electron chi connectivity index (χ1n) is 10.6. The van der Waals surface area contributed by atoms with E-state index in [9.17, 15) is 9.59 Å². The second-order valence-corrected chi connectivity index (χ2v) is 8.54. The summed E-state index contributed by atoms with van der Waals surface area (Å²) in [6.45, 7) is 1.16. The summed E-state index contributed by atoms with van der Waals surface area (Å²) in [5.41, 5.74) is 1.22. The van der Waals surface area contributed by atoms with E-state index < -0.39 is 0 Å². The van der Waals surface area contributed by atoms with Crippen molar-refractivity contribution in [1.29, 1.82) is 0 Å². The Morgan fingerprint density at radius 2 is 1.84 bits per heavy atom. The van der Waals surface area contributed by atoms with Gasteiger partial charge >= 0.3 is 0 Å². The van der Waals surface area contributed by atoms with Crippen molar-refractivity contribution in [2.75, 3.05) is 25.6 Å². The Kier molecular flexibility index (Phi) is 9.14. The highest BCUT2D eigenvalue weighted by molar-refractivity contribution is 6.35. The van der Waals surface area contributed by atoms with Crippen molar-refractivity contribution in [1.82, 2.24) is 10.3 Å². The van der Waals surface area contributed by atoms with Gasteiger partial charge in [0, 0.05) is 43.6 Å². The summed E-state index contributed by atoms with van der Waals surface area (Å²) in [6.07, 6.45) is 5.12. The number of carbonyl (C=O) groups is 2. The minimum absolute atomic E-state index is 0.0251. The molecule has 172 valence electrons. The zero-order valence-electron chi connectivity index (χ0n) is 17.9. The lowest BCUT2D eigenvalue weighted by atomic mass is 9.86. The van der Waals surface area contributed by atoms with E-state index in [4.69, 9.17) is 32.7 Å². The maximum atomic E-state index is 12.7. The number of hydrogen-bond acceptors (Lipinski definition) is 5. The minimum atomic E-state index is -0.146. The van der Waals surface area contributed by atoms with Gasteiger partial charge in [0.15, 0.2) is 0 Å². The lowest BCUT2D eigenvalue weighted by molar-refractivity contribution is -0.121. The van der Waals surface area contributed by atoms with Gasteiger partial charge < -0.3 is 20.1 Å². The normalized spacial score (nSPS) is 18.1. The number of aromatic nitrogens is 1. The molecule has 0 bridgehead atoms. The summed E-state index contributed by atoms with van der Waals surface area (Å²) in [5, 5.41) is 6.61. The first kappa shape index (κ1) is 24.3. The molecule has 2 N–H and O–H groups in total. The van der Waals surface area contributed by atoms with Crippen molar-refractivity contribution >= 4 is 40.7 Å². The van der Waals surface area contributed by atoms with Gasteiger partial charge in [0.25, 0.3) is 5.91 Å².